The molecule has 0 amide bonds. The molecule has 84 valence electrons. The van der Waals surface area contributed by atoms with Crippen LogP contribution in [0.25, 0.3) is 0 Å². The fourth-order valence-corrected chi connectivity index (χ4v) is 1.51. The van der Waals surface area contributed by atoms with Crippen molar-refractivity contribution in [1.29, 1.82) is 0 Å². The molecule has 0 saturated carbocycles. The minimum atomic E-state index is -3.22. The fourth-order valence-electron chi connectivity index (χ4n) is 0.878. The highest BCUT2D eigenvalue weighted by atomic mass is 32.2. The van der Waals surface area contributed by atoms with Crippen molar-refractivity contribution >= 4 is 16.9 Å². The van der Waals surface area contributed by atoms with Crippen LogP contribution in [-0.2, 0) is 4.79 Å². The second kappa shape index (κ2) is 6.32. The highest BCUT2D eigenvalue weighted by molar-refractivity contribution is 8.13. The summed E-state index contributed by atoms with van der Waals surface area (Å²) >= 11 is 1.11. The molecular formula is C9H15F3OS. The smallest absolute Gasteiger partial charge is 0.278 e. The summed E-state index contributed by atoms with van der Waals surface area (Å²) in [6, 6.07) is 0. The zero-order chi connectivity index (χ0) is 11.2. The van der Waals surface area contributed by atoms with E-state index in [0.29, 0.717) is 12.2 Å². The zero-order valence-electron chi connectivity index (χ0n) is 8.36. The van der Waals surface area contributed by atoms with Gasteiger partial charge in [-0.3, -0.25) is 4.79 Å². The lowest BCUT2D eigenvalue weighted by Gasteiger charge is -2.16. The first kappa shape index (κ1) is 13.8. The monoisotopic (exact) mass is 228 g/mol. The average Bonchev–Trinajstić information content (AvgIpc) is 2.02. The van der Waals surface area contributed by atoms with Crippen molar-refractivity contribution in [1.82, 2.24) is 0 Å². The molecule has 0 N–H and O–H groups in total. The molecule has 5 heteroatoms. The standard InChI is InChI=1S/C9H15F3OS/c1-7(10)9(11,12)5-3-4-6-14-8(2)13/h7H,3-6H2,1-2H3. The molecular weight excluding hydrogens is 213 g/mol. The summed E-state index contributed by atoms with van der Waals surface area (Å²) in [5, 5.41) is -0.0179. The Bertz CT molecular complexity index is 183. The van der Waals surface area contributed by atoms with Crippen molar-refractivity contribution in [3.05, 3.63) is 0 Å². The minimum absolute atomic E-state index is 0.0179. The molecule has 0 fully saturated rings. The molecule has 1 unspecified atom stereocenters. The molecule has 0 bridgehead atoms. The van der Waals surface area contributed by atoms with Gasteiger partial charge in [-0.05, 0) is 19.8 Å². The highest BCUT2D eigenvalue weighted by Crippen LogP contribution is 2.27. The van der Waals surface area contributed by atoms with Crippen molar-refractivity contribution in [2.45, 2.75) is 45.2 Å². The number of rotatable bonds is 6. The van der Waals surface area contributed by atoms with Crippen molar-refractivity contribution in [2.75, 3.05) is 5.75 Å². The molecule has 0 aromatic heterocycles. The number of hydrogen-bond acceptors (Lipinski definition) is 2. The number of alkyl halides is 3. The Morgan fingerprint density at radius 2 is 2.00 bits per heavy atom. The van der Waals surface area contributed by atoms with Crippen LogP contribution in [0.1, 0.15) is 33.1 Å². The molecule has 0 spiro atoms. The van der Waals surface area contributed by atoms with Gasteiger partial charge in [-0.2, -0.15) is 0 Å². The molecule has 0 aromatic carbocycles. The molecule has 0 aromatic rings. The van der Waals surface area contributed by atoms with Gasteiger partial charge in [0.2, 0.25) is 0 Å². The molecule has 1 atom stereocenters. The maximum absolute atomic E-state index is 12.7. The Morgan fingerprint density at radius 3 is 2.43 bits per heavy atom. The van der Waals surface area contributed by atoms with Gasteiger partial charge >= 0.3 is 0 Å². The van der Waals surface area contributed by atoms with Crippen LogP contribution in [0, 0.1) is 0 Å². The molecule has 0 heterocycles. The molecule has 0 aliphatic rings. The zero-order valence-corrected chi connectivity index (χ0v) is 9.17. The Kier molecular flexibility index (Phi) is 6.24. The Balaban J connectivity index is 3.49. The third-order valence-electron chi connectivity index (χ3n) is 1.79. The van der Waals surface area contributed by atoms with Crippen molar-refractivity contribution in [3.63, 3.8) is 0 Å². The minimum Gasteiger partial charge on any atom is -0.288 e. The molecule has 0 aliphatic heterocycles. The lowest BCUT2D eigenvalue weighted by atomic mass is 10.1. The largest absolute Gasteiger partial charge is 0.288 e. The van der Waals surface area contributed by atoms with Crippen LogP contribution in [0.5, 0.6) is 0 Å². The Labute approximate surface area is 86.4 Å². The summed E-state index contributed by atoms with van der Waals surface area (Å²) in [6.07, 6.45) is -1.76. The van der Waals surface area contributed by atoms with Gasteiger partial charge < -0.3 is 0 Å². The first-order valence-electron chi connectivity index (χ1n) is 4.51. The summed E-state index contributed by atoms with van der Waals surface area (Å²) in [5.74, 6) is -2.69. The van der Waals surface area contributed by atoms with Gasteiger partial charge in [-0.15, -0.1) is 0 Å². The first-order chi connectivity index (χ1) is 6.36. The van der Waals surface area contributed by atoms with Crippen LogP contribution in [-0.4, -0.2) is 23.0 Å². The van der Waals surface area contributed by atoms with Crippen LogP contribution < -0.4 is 0 Å². The quantitative estimate of drug-likeness (QED) is 0.648. The van der Waals surface area contributed by atoms with Gasteiger partial charge in [0, 0.05) is 19.1 Å². The number of carbonyl (C=O) groups excluding carboxylic acids is 1. The molecule has 0 rings (SSSR count). The first-order valence-corrected chi connectivity index (χ1v) is 5.50. The molecule has 1 nitrogen and oxygen atoms in total. The van der Waals surface area contributed by atoms with Crippen molar-refractivity contribution in [2.24, 2.45) is 0 Å². The van der Waals surface area contributed by atoms with E-state index in [9.17, 15) is 18.0 Å². The summed E-state index contributed by atoms with van der Waals surface area (Å²) < 4.78 is 37.7. The summed E-state index contributed by atoms with van der Waals surface area (Å²) in [5.41, 5.74) is 0. The van der Waals surface area contributed by atoms with Crippen LogP contribution in [0.2, 0.25) is 0 Å². The molecule has 0 aliphatic carbocycles. The maximum Gasteiger partial charge on any atom is 0.278 e. The van der Waals surface area contributed by atoms with Gasteiger partial charge in [-0.25, -0.2) is 13.2 Å². The SMILES string of the molecule is CC(=O)SCCCCC(F)(F)C(C)F. The van der Waals surface area contributed by atoms with E-state index in [1.165, 1.54) is 6.92 Å². The molecule has 0 radical (unpaired) electrons. The van der Waals surface area contributed by atoms with Gasteiger partial charge in [0.15, 0.2) is 11.3 Å². The topological polar surface area (TPSA) is 17.1 Å². The second-order valence-electron chi connectivity index (χ2n) is 3.17. The van der Waals surface area contributed by atoms with E-state index in [0.717, 1.165) is 18.7 Å². The highest BCUT2D eigenvalue weighted by Gasteiger charge is 2.35. The van der Waals surface area contributed by atoms with Crippen molar-refractivity contribution in [3.8, 4) is 0 Å². The van der Waals surface area contributed by atoms with E-state index in [2.05, 4.69) is 0 Å². The lowest BCUT2D eigenvalue weighted by molar-refractivity contribution is -0.109. The van der Waals surface area contributed by atoms with Crippen LogP contribution in [0.15, 0.2) is 0 Å². The lowest BCUT2D eigenvalue weighted by Crippen LogP contribution is -2.27. The third-order valence-corrected chi connectivity index (χ3v) is 2.69. The third kappa shape index (κ3) is 6.29. The Hall–Kier alpha value is -0.190. The number of carbonyl (C=O) groups is 1. The van der Waals surface area contributed by atoms with Gasteiger partial charge in [0.05, 0.1) is 0 Å². The number of thioether (sulfide) groups is 1. The molecule has 14 heavy (non-hydrogen) atoms. The Morgan fingerprint density at radius 1 is 1.43 bits per heavy atom. The maximum atomic E-state index is 12.7. The van der Waals surface area contributed by atoms with E-state index in [1.807, 2.05) is 0 Å². The number of halogens is 3. The van der Waals surface area contributed by atoms with Gasteiger partial charge in [-0.1, -0.05) is 11.8 Å². The van der Waals surface area contributed by atoms with E-state index < -0.39 is 18.5 Å². The van der Waals surface area contributed by atoms with E-state index >= 15 is 0 Å². The van der Waals surface area contributed by atoms with Crippen LogP contribution in [0.3, 0.4) is 0 Å². The van der Waals surface area contributed by atoms with E-state index in [1.54, 1.807) is 0 Å². The summed E-state index contributed by atoms with van der Waals surface area (Å²) in [4.78, 5) is 10.5. The van der Waals surface area contributed by atoms with Crippen LogP contribution >= 0.6 is 11.8 Å². The predicted molar refractivity (Wildman–Crippen MR) is 52.5 cm³/mol. The van der Waals surface area contributed by atoms with Crippen LogP contribution in [0.4, 0.5) is 13.2 Å². The van der Waals surface area contributed by atoms with E-state index in [4.69, 9.17) is 0 Å². The number of unbranched alkanes of at least 4 members (excludes halogenated alkanes) is 1. The number of hydrogen-bond donors (Lipinski definition) is 0. The molecule has 0 saturated heterocycles. The van der Waals surface area contributed by atoms with Crippen molar-refractivity contribution < 1.29 is 18.0 Å². The van der Waals surface area contributed by atoms with E-state index in [-0.39, 0.29) is 11.5 Å². The second-order valence-corrected chi connectivity index (χ2v) is 4.45. The average molecular weight is 228 g/mol. The normalized spacial score (nSPS) is 14.1. The fraction of sp³-hybridized carbons (Fsp3) is 0.889. The van der Waals surface area contributed by atoms with Gasteiger partial charge in [0.1, 0.15) is 0 Å². The predicted octanol–water partition coefficient (Wildman–Crippen LogP) is 3.43. The summed E-state index contributed by atoms with van der Waals surface area (Å²) in [7, 11) is 0. The summed E-state index contributed by atoms with van der Waals surface area (Å²) in [6.45, 7) is 2.30. The van der Waals surface area contributed by atoms with Gasteiger partial charge in [0.25, 0.3) is 5.92 Å².